The molecule has 0 spiro atoms. The van der Waals surface area contributed by atoms with Crippen LogP contribution in [0.1, 0.15) is 97.0 Å². The van der Waals surface area contributed by atoms with Gasteiger partial charge in [0, 0.05) is 17.1 Å². The maximum Gasteiger partial charge on any atom is 0.0782 e. The first-order valence-electron chi connectivity index (χ1n) is 14.6. The summed E-state index contributed by atoms with van der Waals surface area (Å²) in [6.07, 6.45) is 7.00. The zero-order valence-corrected chi connectivity index (χ0v) is 23.9. The van der Waals surface area contributed by atoms with Crippen LogP contribution in [-0.4, -0.2) is 0 Å². The van der Waals surface area contributed by atoms with Crippen LogP contribution in [0.3, 0.4) is 0 Å². The van der Waals surface area contributed by atoms with Crippen LogP contribution >= 0.6 is 0 Å². The summed E-state index contributed by atoms with van der Waals surface area (Å²) in [4.78, 5) is 2.65. The molecule has 0 aromatic heterocycles. The van der Waals surface area contributed by atoms with Crippen LogP contribution in [-0.2, 0) is 6.42 Å². The molecule has 0 saturated heterocycles. The number of hydrogen-bond donors (Lipinski definition) is 1. The van der Waals surface area contributed by atoms with Crippen molar-refractivity contribution in [3.05, 3.63) is 130 Å². The van der Waals surface area contributed by atoms with E-state index in [-0.39, 0.29) is 6.04 Å². The average Bonchev–Trinajstić information content (AvgIpc) is 3.36. The summed E-state index contributed by atoms with van der Waals surface area (Å²) in [6, 6.07) is 31.9. The van der Waals surface area contributed by atoms with Gasteiger partial charge in [0.2, 0.25) is 0 Å². The Morgan fingerprint density at radius 2 is 1.46 bits per heavy atom. The highest BCUT2D eigenvalue weighted by Gasteiger charge is 2.34. The maximum absolute atomic E-state index is 3.94. The predicted octanol–water partition coefficient (Wildman–Crippen LogP) is 10.2. The van der Waals surface area contributed by atoms with E-state index in [9.17, 15) is 0 Å². The van der Waals surface area contributed by atoms with Crippen molar-refractivity contribution in [3.8, 4) is 0 Å². The molecule has 6 rings (SSSR count). The van der Waals surface area contributed by atoms with Crippen LogP contribution in [0.15, 0.2) is 91.0 Å². The Morgan fingerprint density at radius 1 is 0.769 bits per heavy atom. The van der Waals surface area contributed by atoms with Crippen LogP contribution in [0, 0.1) is 6.92 Å². The molecule has 1 aliphatic heterocycles. The topological polar surface area (TPSA) is 15.3 Å². The number of aryl methyl sites for hydroxylation is 2. The van der Waals surface area contributed by atoms with Crippen molar-refractivity contribution >= 4 is 23.1 Å². The number of hydrogen-bond acceptors (Lipinski definition) is 2. The first-order valence-corrected chi connectivity index (χ1v) is 14.6. The summed E-state index contributed by atoms with van der Waals surface area (Å²) in [5.41, 5.74) is 13.7. The summed E-state index contributed by atoms with van der Waals surface area (Å²) in [5, 5.41) is 3.94. The molecule has 2 unspecified atom stereocenters. The lowest BCUT2D eigenvalue weighted by molar-refractivity contribution is 0.734. The van der Waals surface area contributed by atoms with Crippen LogP contribution in [0.5, 0.6) is 0 Å². The third-order valence-corrected chi connectivity index (χ3v) is 8.59. The van der Waals surface area contributed by atoms with Gasteiger partial charge in [-0.3, -0.25) is 0 Å². The van der Waals surface area contributed by atoms with Crippen LogP contribution in [0.25, 0.3) is 6.08 Å². The predicted molar refractivity (Wildman–Crippen MR) is 167 cm³/mol. The van der Waals surface area contributed by atoms with E-state index in [2.05, 4.69) is 142 Å². The Bertz CT molecular complexity index is 1500. The number of para-hydroxylation sites is 3. The van der Waals surface area contributed by atoms with Gasteiger partial charge in [-0.1, -0.05) is 113 Å². The summed E-state index contributed by atoms with van der Waals surface area (Å²) in [5.74, 6) is 0.851. The Morgan fingerprint density at radius 3 is 2.21 bits per heavy atom. The molecule has 2 heteroatoms. The number of rotatable bonds is 6. The van der Waals surface area contributed by atoms with Crippen molar-refractivity contribution in [3.63, 3.8) is 0 Å². The van der Waals surface area contributed by atoms with Crippen molar-refractivity contribution in [1.82, 2.24) is 0 Å². The fourth-order valence-corrected chi connectivity index (χ4v) is 6.62. The third-order valence-electron chi connectivity index (χ3n) is 8.59. The molecule has 2 atom stereocenters. The molecule has 0 bridgehead atoms. The van der Waals surface area contributed by atoms with E-state index in [1.807, 2.05) is 0 Å². The van der Waals surface area contributed by atoms with Gasteiger partial charge in [0.1, 0.15) is 0 Å². The Labute approximate surface area is 234 Å². The van der Waals surface area contributed by atoms with Gasteiger partial charge in [-0.05, 0) is 82.7 Å². The molecule has 1 heterocycles. The average molecular weight is 513 g/mol. The van der Waals surface area contributed by atoms with Gasteiger partial charge in [0.25, 0.3) is 0 Å². The third kappa shape index (κ3) is 4.56. The molecule has 1 N–H and O–H groups in total. The smallest absolute Gasteiger partial charge is 0.0782 e. The van der Waals surface area contributed by atoms with Gasteiger partial charge >= 0.3 is 0 Å². The maximum atomic E-state index is 3.94. The van der Waals surface area contributed by atoms with Gasteiger partial charge in [-0.15, -0.1) is 0 Å². The fourth-order valence-electron chi connectivity index (χ4n) is 6.62. The van der Waals surface area contributed by atoms with Gasteiger partial charge in [0.15, 0.2) is 0 Å². The molecule has 0 fully saturated rings. The molecular weight excluding hydrogens is 472 g/mol. The lowest BCUT2D eigenvalue weighted by atomic mass is 9.86. The summed E-state index contributed by atoms with van der Waals surface area (Å²) >= 11 is 0. The quantitative estimate of drug-likeness (QED) is 0.276. The van der Waals surface area contributed by atoms with E-state index in [4.69, 9.17) is 0 Å². The normalized spacial score (nSPS) is 18.0. The Hall–Kier alpha value is -3.78. The lowest BCUT2D eigenvalue weighted by Crippen LogP contribution is -2.29. The van der Waals surface area contributed by atoms with Crippen LogP contribution in [0.2, 0.25) is 0 Å². The molecule has 0 saturated carbocycles. The standard InChI is InChI=1S/C37H40N2/c1-24(2)29-15-11-16-30(25(3)4)37(29)39-34-19-9-7-13-27(34)21-23-35(39)31-17-10-14-28-20-22-33(36(28)31)38-32-18-8-6-12-26(32)5/h6-19,21,23-25,33,35,38H,20,22H2,1-5H3. The van der Waals surface area contributed by atoms with Gasteiger partial charge in [-0.25, -0.2) is 0 Å². The van der Waals surface area contributed by atoms with Crippen molar-refractivity contribution in [2.75, 3.05) is 10.2 Å². The minimum Gasteiger partial charge on any atom is -0.378 e. The van der Waals surface area contributed by atoms with Crippen molar-refractivity contribution in [1.29, 1.82) is 0 Å². The van der Waals surface area contributed by atoms with Crippen molar-refractivity contribution in [2.24, 2.45) is 0 Å². The van der Waals surface area contributed by atoms with E-state index >= 15 is 0 Å². The first kappa shape index (κ1) is 25.5. The molecule has 1 aliphatic carbocycles. The highest BCUT2D eigenvalue weighted by Crippen LogP contribution is 2.50. The number of nitrogens with one attached hydrogen (secondary N) is 1. The molecule has 2 nitrogen and oxygen atoms in total. The molecule has 2 aliphatic rings. The van der Waals surface area contributed by atoms with Gasteiger partial charge in [0.05, 0.1) is 12.1 Å². The molecule has 39 heavy (non-hydrogen) atoms. The summed E-state index contributed by atoms with van der Waals surface area (Å²) < 4.78 is 0. The summed E-state index contributed by atoms with van der Waals surface area (Å²) in [7, 11) is 0. The number of nitrogens with zero attached hydrogens (tertiary/aromatic N) is 1. The van der Waals surface area contributed by atoms with E-state index in [0.717, 1.165) is 12.8 Å². The van der Waals surface area contributed by atoms with Crippen LogP contribution in [0.4, 0.5) is 17.1 Å². The highest BCUT2D eigenvalue weighted by atomic mass is 15.2. The fraction of sp³-hybridized carbons (Fsp3) is 0.297. The number of fused-ring (bicyclic) bond motifs is 2. The Balaban J connectivity index is 1.54. The second-order valence-electron chi connectivity index (χ2n) is 11.8. The monoisotopic (exact) mass is 512 g/mol. The number of benzene rings is 4. The van der Waals surface area contributed by atoms with E-state index in [1.54, 1.807) is 0 Å². The minimum absolute atomic E-state index is 0.117. The van der Waals surface area contributed by atoms with Crippen molar-refractivity contribution < 1.29 is 0 Å². The lowest BCUT2D eigenvalue weighted by Gasteiger charge is -2.40. The molecular formula is C37H40N2. The van der Waals surface area contributed by atoms with E-state index in [0.29, 0.717) is 17.9 Å². The molecule has 4 aromatic carbocycles. The Kier molecular flexibility index (Phi) is 6.81. The number of anilines is 3. The molecule has 0 amide bonds. The van der Waals surface area contributed by atoms with Gasteiger partial charge < -0.3 is 10.2 Å². The second-order valence-corrected chi connectivity index (χ2v) is 11.8. The minimum atomic E-state index is 0.117. The zero-order chi connectivity index (χ0) is 27.1. The SMILES string of the molecule is Cc1ccccc1NC1CCc2cccc(C3C=Cc4ccccc4N3c3c(C(C)C)cccc3C(C)C)c21. The largest absolute Gasteiger partial charge is 0.378 e. The first-order chi connectivity index (χ1) is 18.9. The van der Waals surface area contributed by atoms with Gasteiger partial charge in [-0.2, -0.15) is 0 Å². The van der Waals surface area contributed by atoms with E-state index in [1.165, 1.54) is 56.0 Å². The zero-order valence-electron chi connectivity index (χ0n) is 23.9. The molecule has 0 radical (unpaired) electrons. The van der Waals surface area contributed by atoms with E-state index < -0.39 is 0 Å². The second kappa shape index (κ2) is 10.4. The summed E-state index contributed by atoms with van der Waals surface area (Å²) in [6.45, 7) is 11.5. The molecule has 4 aromatic rings. The molecule has 198 valence electrons. The van der Waals surface area contributed by atoms with Crippen molar-refractivity contribution in [2.45, 2.75) is 71.4 Å². The highest BCUT2D eigenvalue weighted by molar-refractivity contribution is 5.82. The van der Waals surface area contributed by atoms with Crippen LogP contribution < -0.4 is 10.2 Å².